The zero-order valence-electron chi connectivity index (χ0n) is 11.8. The van der Waals surface area contributed by atoms with E-state index < -0.39 is 5.41 Å². The van der Waals surface area contributed by atoms with E-state index in [1.165, 1.54) is 25.7 Å². The maximum absolute atomic E-state index is 12.3. The molecule has 0 bridgehead atoms. The minimum Gasteiger partial charge on any atom is -0.381 e. The first-order chi connectivity index (χ1) is 9.18. The SMILES string of the molecule is CC1CCCCC1CNC(=O)C1(C#N)CCOCC1. The molecule has 0 radical (unpaired) electrons. The van der Waals surface area contributed by atoms with Crippen molar-refractivity contribution in [2.24, 2.45) is 17.3 Å². The Morgan fingerprint density at radius 3 is 2.68 bits per heavy atom. The molecule has 0 aromatic heterocycles. The Labute approximate surface area is 115 Å². The van der Waals surface area contributed by atoms with E-state index in [0.29, 0.717) is 37.9 Å². The van der Waals surface area contributed by atoms with Crippen LogP contribution in [0.2, 0.25) is 0 Å². The van der Waals surface area contributed by atoms with Crippen LogP contribution in [0.15, 0.2) is 0 Å². The molecule has 1 amide bonds. The molecule has 1 aliphatic carbocycles. The number of amides is 1. The number of carbonyl (C=O) groups is 1. The summed E-state index contributed by atoms with van der Waals surface area (Å²) in [7, 11) is 0. The number of nitrogens with one attached hydrogen (secondary N) is 1. The van der Waals surface area contributed by atoms with E-state index in [-0.39, 0.29) is 5.91 Å². The minimum absolute atomic E-state index is 0.0870. The summed E-state index contributed by atoms with van der Waals surface area (Å²) in [6.07, 6.45) is 6.08. The molecule has 106 valence electrons. The van der Waals surface area contributed by atoms with Crippen molar-refractivity contribution in [2.75, 3.05) is 19.8 Å². The number of carbonyl (C=O) groups excluding carboxylic acids is 1. The summed E-state index contributed by atoms with van der Waals surface area (Å²) in [6.45, 7) is 4.02. The second kappa shape index (κ2) is 6.38. The number of nitriles is 1. The van der Waals surface area contributed by atoms with Crippen LogP contribution in [-0.2, 0) is 9.53 Å². The van der Waals surface area contributed by atoms with Gasteiger partial charge in [-0.25, -0.2) is 0 Å². The second-order valence-electron chi connectivity index (χ2n) is 6.04. The minimum atomic E-state index is -0.851. The van der Waals surface area contributed by atoms with Crippen molar-refractivity contribution in [3.05, 3.63) is 0 Å². The van der Waals surface area contributed by atoms with Crippen molar-refractivity contribution in [1.82, 2.24) is 5.32 Å². The predicted octanol–water partition coefficient (Wildman–Crippen LogP) is 2.25. The van der Waals surface area contributed by atoms with Crippen molar-refractivity contribution in [1.29, 1.82) is 5.26 Å². The standard InChI is InChI=1S/C15H24N2O2/c1-12-4-2-3-5-13(12)10-17-14(18)15(11-16)6-8-19-9-7-15/h12-13H,2-10H2,1H3,(H,17,18). The van der Waals surface area contributed by atoms with Crippen molar-refractivity contribution in [3.63, 3.8) is 0 Å². The summed E-state index contributed by atoms with van der Waals surface area (Å²) >= 11 is 0. The first-order valence-electron chi connectivity index (χ1n) is 7.45. The van der Waals surface area contributed by atoms with Crippen LogP contribution in [0.4, 0.5) is 0 Å². The zero-order valence-corrected chi connectivity index (χ0v) is 11.8. The van der Waals surface area contributed by atoms with Crippen LogP contribution in [0.3, 0.4) is 0 Å². The number of ether oxygens (including phenoxy) is 1. The molecule has 1 N–H and O–H groups in total. The Hall–Kier alpha value is -1.08. The summed E-state index contributed by atoms with van der Waals surface area (Å²) in [5, 5.41) is 12.4. The number of hydrogen-bond acceptors (Lipinski definition) is 3. The Bertz CT molecular complexity index is 356. The molecule has 1 saturated carbocycles. The fourth-order valence-electron chi connectivity index (χ4n) is 3.20. The normalized spacial score (nSPS) is 30.3. The molecule has 4 heteroatoms. The number of nitrogens with zero attached hydrogens (tertiary/aromatic N) is 1. The Balaban J connectivity index is 1.87. The van der Waals surface area contributed by atoms with Gasteiger partial charge in [-0.05, 0) is 31.1 Å². The van der Waals surface area contributed by atoms with Gasteiger partial charge in [0.2, 0.25) is 5.91 Å². The van der Waals surface area contributed by atoms with E-state index in [2.05, 4.69) is 18.3 Å². The summed E-state index contributed by atoms with van der Waals surface area (Å²) < 4.78 is 5.26. The summed E-state index contributed by atoms with van der Waals surface area (Å²) in [4.78, 5) is 12.3. The fraction of sp³-hybridized carbons (Fsp3) is 0.867. The monoisotopic (exact) mass is 264 g/mol. The van der Waals surface area contributed by atoms with Gasteiger partial charge in [-0.15, -0.1) is 0 Å². The van der Waals surface area contributed by atoms with Crippen LogP contribution in [0, 0.1) is 28.6 Å². The molecular weight excluding hydrogens is 240 g/mol. The van der Waals surface area contributed by atoms with Gasteiger partial charge in [0.05, 0.1) is 6.07 Å². The van der Waals surface area contributed by atoms with Crippen LogP contribution in [-0.4, -0.2) is 25.7 Å². The fourth-order valence-corrected chi connectivity index (χ4v) is 3.20. The number of rotatable bonds is 3. The van der Waals surface area contributed by atoms with Gasteiger partial charge in [0.1, 0.15) is 5.41 Å². The third-order valence-electron chi connectivity index (χ3n) is 4.81. The van der Waals surface area contributed by atoms with Crippen LogP contribution in [0.1, 0.15) is 45.4 Å². The van der Waals surface area contributed by atoms with Gasteiger partial charge in [0.25, 0.3) is 0 Å². The molecule has 19 heavy (non-hydrogen) atoms. The zero-order chi connectivity index (χ0) is 13.7. The Kier molecular flexibility index (Phi) is 4.81. The first kappa shape index (κ1) is 14.3. The lowest BCUT2D eigenvalue weighted by Crippen LogP contribution is -2.45. The lowest BCUT2D eigenvalue weighted by Gasteiger charge is -2.32. The highest BCUT2D eigenvalue weighted by atomic mass is 16.5. The predicted molar refractivity (Wildman–Crippen MR) is 72.2 cm³/mol. The molecule has 1 heterocycles. The van der Waals surface area contributed by atoms with E-state index in [1.54, 1.807) is 0 Å². The van der Waals surface area contributed by atoms with E-state index >= 15 is 0 Å². The third kappa shape index (κ3) is 3.27. The maximum atomic E-state index is 12.3. The largest absolute Gasteiger partial charge is 0.381 e. The van der Waals surface area contributed by atoms with Crippen LogP contribution >= 0.6 is 0 Å². The topological polar surface area (TPSA) is 62.1 Å². The summed E-state index contributed by atoms with van der Waals surface area (Å²) in [5.41, 5.74) is -0.851. The molecular formula is C15H24N2O2. The molecule has 1 aliphatic heterocycles. The molecule has 2 unspecified atom stereocenters. The van der Waals surface area contributed by atoms with Crippen molar-refractivity contribution < 1.29 is 9.53 Å². The number of hydrogen-bond donors (Lipinski definition) is 1. The van der Waals surface area contributed by atoms with Gasteiger partial charge in [0.15, 0.2) is 0 Å². The van der Waals surface area contributed by atoms with E-state index in [1.807, 2.05) is 0 Å². The molecule has 2 fully saturated rings. The van der Waals surface area contributed by atoms with Crippen molar-refractivity contribution >= 4 is 5.91 Å². The third-order valence-corrected chi connectivity index (χ3v) is 4.81. The second-order valence-corrected chi connectivity index (χ2v) is 6.04. The molecule has 1 saturated heterocycles. The summed E-state index contributed by atoms with van der Waals surface area (Å²) in [5.74, 6) is 1.17. The van der Waals surface area contributed by atoms with Gasteiger partial charge in [-0.2, -0.15) is 5.26 Å². The van der Waals surface area contributed by atoms with E-state index in [0.717, 1.165) is 6.54 Å². The van der Waals surface area contributed by atoms with E-state index in [9.17, 15) is 10.1 Å². The van der Waals surface area contributed by atoms with Crippen molar-refractivity contribution in [3.8, 4) is 6.07 Å². The van der Waals surface area contributed by atoms with Gasteiger partial charge in [-0.3, -0.25) is 4.79 Å². The lowest BCUT2D eigenvalue weighted by atomic mass is 9.79. The molecule has 0 aromatic carbocycles. The quantitative estimate of drug-likeness (QED) is 0.850. The molecule has 2 atom stereocenters. The van der Waals surface area contributed by atoms with Crippen LogP contribution < -0.4 is 5.32 Å². The maximum Gasteiger partial charge on any atom is 0.240 e. The molecule has 2 rings (SSSR count). The molecule has 0 aromatic rings. The first-order valence-corrected chi connectivity index (χ1v) is 7.45. The highest BCUT2D eigenvalue weighted by Gasteiger charge is 2.40. The molecule has 0 spiro atoms. The Morgan fingerprint density at radius 2 is 2.05 bits per heavy atom. The average Bonchev–Trinajstić information content (AvgIpc) is 2.46. The summed E-state index contributed by atoms with van der Waals surface area (Å²) in [6, 6.07) is 2.22. The van der Waals surface area contributed by atoms with Gasteiger partial charge >= 0.3 is 0 Å². The molecule has 2 aliphatic rings. The highest BCUT2D eigenvalue weighted by molar-refractivity contribution is 5.85. The lowest BCUT2D eigenvalue weighted by molar-refractivity contribution is -0.132. The highest BCUT2D eigenvalue weighted by Crippen LogP contribution is 2.31. The van der Waals surface area contributed by atoms with Crippen LogP contribution in [0.5, 0.6) is 0 Å². The van der Waals surface area contributed by atoms with Crippen molar-refractivity contribution in [2.45, 2.75) is 45.4 Å². The van der Waals surface area contributed by atoms with E-state index in [4.69, 9.17) is 4.74 Å². The van der Waals surface area contributed by atoms with Gasteiger partial charge in [-0.1, -0.05) is 26.2 Å². The molecule has 4 nitrogen and oxygen atoms in total. The van der Waals surface area contributed by atoms with Crippen LogP contribution in [0.25, 0.3) is 0 Å². The Morgan fingerprint density at radius 1 is 1.37 bits per heavy atom. The van der Waals surface area contributed by atoms with Gasteiger partial charge in [0, 0.05) is 19.8 Å². The average molecular weight is 264 g/mol. The smallest absolute Gasteiger partial charge is 0.240 e. The van der Waals surface area contributed by atoms with Gasteiger partial charge < -0.3 is 10.1 Å².